The Morgan fingerprint density at radius 3 is 1.59 bits per heavy atom. The van der Waals surface area contributed by atoms with Gasteiger partial charge in [-0.05, 0) is 38.5 Å². The fourth-order valence-electron chi connectivity index (χ4n) is 3.62. The number of ether oxygens (including phenoxy) is 1. The zero-order chi connectivity index (χ0) is 19.4. The zero-order valence-electron chi connectivity index (χ0n) is 18.0. The van der Waals surface area contributed by atoms with Gasteiger partial charge in [0.25, 0.3) is 0 Å². The van der Waals surface area contributed by atoms with E-state index in [1.807, 2.05) is 0 Å². The van der Waals surface area contributed by atoms with E-state index in [1.54, 1.807) is 0 Å². The normalized spacial score (nSPS) is 19.5. The van der Waals surface area contributed by atoms with Crippen molar-refractivity contribution < 1.29 is 9.84 Å². The molecule has 2 atom stereocenters. The molecule has 1 saturated heterocycles. The van der Waals surface area contributed by atoms with E-state index in [-0.39, 0.29) is 12.7 Å². The lowest BCUT2D eigenvalue weighted by atomic mass is 10.0. The molecule has 0 aliphatic carbocycles. The second-order valence-electron chi connectivity index (χ2n) is 8.17. The van der Waals surface area contributed by atoms with E-state index in [4.69, 9.17) is 9.84 Å². The molecule has 1 N–H and O–H groups in total. The monoisotopic (exact) mass is 378 g/mol. The Hall–Kier alpha value is -0.600. The lowest BCUT2D eigenvalue weighted by Crippen LogP contribution is -1.97. The standard InChI is InChI=1S/C25H46O2/c1-2-3-4-5-6-7-8-9-10-11-12-13-14-15-16-17-18-19-20-21-22-24-25(23-26)27-24/h15-16,19-20,24-26H,2-14,17-18,21-23H2,1H3/b16-15+,20-19+/t24-,25-/m0/s1. The minimum Gasteiger partial charge on any atom is -0.394 e. The number of aliphatic hydroxyl groups is 1. The maximum Gasteiger partial charge on any atom is 0.107 e. The summed E-state index contributed by atoms with van der Waals surface area (Å²) in [6.07, 6.45) is 32.5. The average Bonchev–Trinajstić information content (AvgIpc) is 3.45. The average molecular weight is 379 g/mol. The van der Waals surface area contributed by atoms with Gasteiger partial charge >= 0.3 is 0 Å². The Kier molecular flexibility index (Phi) is 17.0. The van der Waals surface area contributed by atoms with Crippen molar-refractivity contribution >= 4 is 0 Å². The highest BCUT2D eigenvalue weighted by atomic mass is 16.6. The van der Waals surface area contributed by atoms with Crippen LogP contribution in [0.3, 0.4) is 0 Å². The fourth-order valence-corrected chi connectivity index (χ4v) is 3.62. The van der Waals surface area contributed by atoms with Gasteiger partial charge in [-0.2, -0.15) is 0 Å². The summed E-state index contributed by atoms with van der Waals surface area (Å²) in [4.78, 5) is 0. The number of epoxide rings is 1. The van der Waals surface area contributed by atoms with Gasteiger partial charge in [-0.1, -0.05) is 102 Å². The predicted molar refractivity (Wildman–Crippen MR) is 118 cm³/mol. The molecule has 2 heteroatoms. The lowest BCUT2D eigenvalue weighted by molar-refractivity contribution is 0.241. The molecule has 2 nitrogen and oxygen atoms in total. The van der Waals surface area contributed by atoms with E-state index in [1.165, 1.54) is 83.5 Å². The number of hydrogen-bond acceptors (Lipinski definition) is 2. The van der Waals surface area contributed by atoms with Gasteiger partial charge in [-0.15, -0.1) is 0 Å². The predicted octanol–water partition coefficient (Wildman–Crippen LogP) is 7.51. The topological polar surface area (TPSA) is 32.8 Å². The molecule has 0 saturated carbocycles. The van der Waals surface area contributed by atoms with Crippen LogP contribution in [0.25, 0.3) is 0 Å². The smallest absolute Gasteiger partial charge is 0.107 e. The molecule has 0 aromatic rings. The Bertz CT molecular complexity index is 361. The van der Waals surface area contributed by atoms with Crippen LogP contribution in [0.2, 0.25) is 0 Å². The van der Waals surface area contributed by atoms with Crippen LogP contribution in [0.4, 0.5) is 0 Å². The summed E-state index contributed by atoms with van der Waals surface area (Å²) in [5, 5.41) is 8.89. The van der Waals surface area contributed by atoms with E-state index in [0.29, 0.717) is 6.10 Å². The van der Waals surface area contributed by atoms with Crippen LogP contribution in [0.5, 0.6) is 0 Å². The molecular weight excluding hydrogens is 332 g/mol. The highest BCUT2D eigenvalue weighted by molar-refractivity contribution is 4.91. The quantitative estimate of drug-likeness (QED) is 0.135. The van der Waals surface area contributed by atoms with Crippen molar-refractivity contribution in [3.63, 3.8) is 0 Å². The van der Waals surface area contributed by atoms with Gasteiger partial charge in [0.05, 0.1) is 12.7 Å². The summed E-state index contributed by atoms with van der Waals surface area (Å²) in [7, 11) is 0. The second kappa shape index (κ2) is 18.7. The fraction of sp³-hybridized carbons (Fsp3) is 0.840. The van der Waals surface area contributed by atoms with Gasteiger partial charge in [-0.25, -0.2) is 0 Å². The molecule has 1 aliphatic heterocycles. The van der Waals surface area contributed by atoms with E-state index >= 15 is 0 Å². The number of unbranched alkanes of at least 4 members (excludes halogenated alkanes) is 13. The molecule has 0 bridgehead atoms. The number of aliphatic hydroxyl groups excluding tert-OH is 1. The molecule has 1 aliphatic rings. The molecule has 158 valence electrons. The van der Waals surface area contributed by atoms with Gasteiger partial charge < -0.3 is 9.84 Å². The van der Waals surface area contributed by atoms with Gasteiger partial charge in [0.2, 0.25) is 0 Å². The van der Waals surface area contributed by atoms with E-state index in [2.05, 4.69) is 31.2 Å². The van der Waals surface area contributed by atoms with E-state index in [9.17, 15) is 0 Å². The molecule has 27 heavy (non-hydrogen) atoms. The zero-order valence-corrected chi connectivity index (χ0v) is 18.0. The largest absolute Gasteiger partial charge is 0.394 e. The van der Waals surface area contributed by atoms with Crippen LogP contribution in [-0.2, 0) is 4.74 Å². The highest BCUT2D eigenvalue weighted by Crippen LogP contribution is 2.25. The van der Waals surface area contributed by atoms with E-state index < -0.39 is 0 Å². The summed E-state index contributed by atoms with van der Waals surface area (Å²) in [5.41, 5.74) is 0. The first-order chi connectivity index (χ1) is 13.4. The van der Waals surface area contributed by atoms with Crippen molar-refractivity contribution in [3.8, 4) is 0 Å². The third kappa shape index (κ3) is 16.1. The second-order valence-corrected chi connectivity index (χ2v) is 8.17. The summed E-state index contributed by atoms with van der Waals surface area (Å²) < 4.78 is 5.31. The lowest BCUT2D eigenvalue weighted by Gasteiger charge is -2.02. The molecule has 0 aromatic carbocycles. The minimum atomic E-state index is 0.127. The Morgan fingerprint density at radius 1 is 0.593 bits per heavy atom. The molecular formula is C25H46O2. The molecule has 0 aromatic heterocycles. The van der Waals surface area contributed by atoms with Crippen molar-refractivity contribution in [1.82, 2.24) is 0 Å². The summed E-state index contributed by atoms with van der Waals surface area (Å²) >= 11 is 0. The van der Waals surface area contributed by atoms with Crippen LogP contribution in [0.15, 0.2) is 24.3 Å². The van der Waals surface area contributed by atoms with Crippen molar-refractivity contribution in [1.29, 1.82) is 0 Å². The van der Waals surface area contributed by atoms with Gasteiger partial charge in [0.1, 0.15) is 6.10 Å². The van der Waals surface area contributed by atoms with Crippen molar-refractivity contribution in [2.45, 2.75) is 128 Å². The third-order valence-electron chi connectivity index (χ3n) is 5.54. The molecule has 1 heterocycles. The third-order valence-corrected chi connectivity index (χ3v) is 5.54. The molecule has 0 unspecified atom stereocenters. The van der Waals surface area contributed by atoms with Crippen molar-refractivity contribution in [2.75, 3.05) is 6.61 Å². The van der Waals surface area contributed by atoms with Crippen LogP contribution < -0.4 is 0 Å². The van der Waals surface area contributed by atoms with Crippen LogP contribution in [0.1, 0.15) is 116 Å². The maximum atomic E-state index is 8.89. The molecule has 0 spiro atoms. The molecule has 1 rings (SSSR count). The van der Waals surface area contributed by atoms with E-state index in [0.717, 1.165) is 25.7 Å². The molecule has 0 radical (unpaired) electrons. The summed E-state index contributed by atoms with van der Waals surface area (Å²) in [5.74, 6) is 0. The first kappa shape index (κ1) is 24.4. The van der Waals surface area contributed by atoms with Gasteiger partial charge in [-0.3, -0.25) is 0 Å². The number of hydrogen-bond donors (Lipinski definition) is 1. The number of rotatable bonds is 20. The van der Waals surface area contributed by atoms with Crippen LogP contribution >= 0.6 is 0 Å². The first-order valence-corrected chi connectivity index (χ1v) is 11.9. The Balaban J connectivity index is 1.71. The van der Waals surface area contributed by atoms with Crippen LogP contribution in [-0.4, -0.2) is 23.9 Å². The van der Waals surface area contributed by atoms with Gasteiger partial charge in [0.15, 0.2) is 0 Å². The molecule has 0 amide bonds. The SMILES string of the molecule is CCCCCCCCCCCCCC/C=C/CC/C=C/CC[C@@H]1O[C@H]1CO. The van der Waals surface area contributed by atoms with Crippen molar-refractivity contribution in [3.05, 3.63) is 24.3 Å². The summed E-state index contributed by atoms with van der Waals surface area (Å²) in [6, 6.07) is 0. The Labute approximate surface area is 169 Å². The minimum absolute atomic E-state index is 0.127. The maximum absolute atomic E-state index is 8.89. The number of allylic oxidation sites excluding steroid dienone is 4. The van der Waals surface area contributed by atoms with Gasteiger partial charge in [0, 0.05) is 0 Å². The Morgan fingerprint density at radius 2 is 1.07 bits per heavy atom. The highest BCUT2D eigenvalue weighted by Gasteiger charge is 2.36. The summed E-state index contributed by atoms with van der Waals surface area (Å²) in [6.45, 7) is 2.47. The van der Waals surface area contributed by atoms with Crippen molar-refractivity contribution in [2.24, 2.45) is 0 Å². The molecule has 1 fully saturated rings. The van der Waals surface area contributed by atoms with Crippen LogP contribution in [0, 0.1) is 0 Å². The first-order valence-electron chi connectivity index (χ1n) is 11.9.